The summed E-state index contributed by atoms with van der Waals surface area (Å²) in [5, 5.41) is 0.831. The second kappa shape index (κ2) is 10.9. The van der Waals surface area contributed by atoms with Gasteiger partial charge in [0.15, 0.2) is 5.16 Å². The molecule has 0 radical (unpaired) electrons. The highest BCUT2D eigenvalue weighted by molar-refractivity contribution is 7.99. The lowest BCUT2D eigenvalue weighted by molar-refractivity contribution is -0.129. The molecule has 3 heterocycles. The average molecular weight is 459 g/mol. The first-order valence-corrected chi connectivity index (χ1v) is 12.2. The minimum Gasteiger partial charge on any atom is -0.450 e. The van der Waals surface area contributed by atoms with Gasteiger partial charge < -0.3 is 23.8 Å². The minimum absolute atomic E-state index is 0.0615. The van der Waals surface area contributed by atoms with Crippen molar-refractivity contribution in [2.75, 3.05) is 45.1 Å². The second-order valence-corrected chi connectivity index (χ2v) is 8.84. The summed E-state index contributed by atoms with van der Waals surface area (Å²) in [5.41, 5.74) is 2.14. The molecular weight excluding hydrogens is 428 g/mol. The highest BCUT2D eigenvalue weighted by Gasteiger charge is 2.26. The van der Waals surface area contributed by atoms with E-state index in [1.807, 2.05) is 29.3 Å². The van der Waals surface area contributed by atoms with Crippen LogP contribution in [0.5, 0.6) is 0 Å². The maximum Gasteiger partial charge on any atom is 0.409 e. The molecule has 32 heavy (non-hydrogen) atoms. The third-order valence-electron chi connectivity index (χ3n) is 5.78. The van der Waals surface area contributed by atoms with Crippen molar-refractivity contribution >= 4 is 23.8 Å². The molecule has 1 unspecified atom stereocenters. The van der Waals surface area contributed by atoms with Crippen LogP contribution < -0.4 is 0 Å². The minimum atomic E-state index is -0.307. The Labute approximate surface area is 192 Å². The van der Waals surface area contributed by atoms with Gasteiger partial charge in [-0.3, -0.25) is 4.79 Å². The fourth-order valence-electron chi connectivity index (χ4n) is 4.05. The van der Waals surface area contributed by atoms with E-state index in [9.17, 15) is 9.59 Å². The van der Waals surface area contributed by atoms with Crippen molar-refractivity contribution in [3.05, 3.63) is 36.5 Å². The van der Waals surface area contributed by atoms with Gasteiger partial charge >= 0.3 is 6.09 Å². The standard InChI is InChI=1S/C23H30N4O4S/c1-2-30-23(29)26-12-10-25(11-13-26)21(28)17-32-22-24-15-20(18-7-4-3-5-8-18)27(22)16-19-9-6-14-31-19/h3-5,7-8,15,19H,2,6,9-14,16-17H2,1H3. The molecule has 2 aromatic rings. The maximum atomic E-state index is 12.8. The van der Waals surface area contributed by atoms with Crippen LogP contribution in [-0.4, -0.2) is 82.6 Å². The first kappa shape index (κ1) is 22.7. The van der Waals surface area contributed by atoms with E-state index in [1.54, 1.807) is 11.8 Å². The summed E-state index contributed by atoms with van der Waals surface area (Å²) >= 11 is 1.46. The number of piperazine rings is 1. The van der Waals surface area contributed by atoms with Crippen LogP contribution in [-0.2, 0) is 20.8 Å². The zero-order chi connectivity index (χ0) is 22.3. The summed E-state index contributed by atoms with van der Waals surface area (Å²) in [6.45, 7) is 5.74. The monoisotopic (exact) mass is 458 g/mol. The lowest BCUT2D eigenvalue weighted by Gasteiger charge is -2.34. The molecule has 2 saturated heterocycles. The molecule has 0 saturated carbocycles. The Kier molecular flexibility index (Phi) is 7.70. The number of nitrogens with zero attached hydrogens (tertiary/aromatic N) is 4. The predicted octanol–water partition coefficient (Wildman–Crippen LogP) is 3.12. The summed E-state index contributed by atoms with van der Waals surface area (Å²) in [4.78, 5) is 32.8. The van der Waals surface area contributed by atoms with Crippen molar-refractivity contribution in [2.45, 2.75) is 37.6 Å². The average Bonchev–Trinajstić information content (AvgIpc) is 3.49. The third kappa shape index (κ3) is 5.45. The lowest BCUT2D eigenvalue weighted by Crippen LogP contribution is -2.51. The molecule has 2 aliphatic rings. The van der Waals surface area contributed by atoms with E-state index in [2.05, 4.69) is 21.7 Å². The first-order chi connectivity index (χ1) is 15.7. The molecule has 1 aromatic carbocycles. The van der Waals surface area contributed by atoms with E-state index in [4.69, 9.17) is 9.47 Å². The van der Waals surface area contributed by atoms with Crippen molar-refractivity contribution < 1.29 is 19.1 Å². The molecule has 2 amide bonds. The number of benzene rings is 1. The van der Waals surface area contributed by atoms with Crippen LogP contribution in [0.15, 0.2) is 41.7 Å². The quantitative estimate of drug-likeness (QED) is 0.594. The summed E-state index contributed by atoms with van der Waals surface area (Å²) in [7, 11) is 0. The van der Waals surface area contributed by atoms with Gasteiger partial charge in [0.1, 0.15) is 0 Å². The zero-order valence-corrected chi connectivity index (χ0v) is 19.3. The molecule has 4 rings (SSSR count). The van der Waals surface area contributed by atoms with E-state index in [-0.39, 0.29) is 18.1 Å². The molecule has 2 aliphatic heterocycles. The largest absolute Gasteiger partial charge is 0.450 e. The van der Waals surface area contributed by atoms with Crippen molar-refractivity contribution in [1.82, 2.24) is 19.4 Å². The van der Waals surface area contributed by atoms with Gasteiger partial charge in [0.05, 0.1) is 36.9 Å². The van der Waals surface area contributed by atoms with Crippen molar-refractivity contribution in [3.8, 4) is 11.3 Å². The van der Waals surface area contributed by atoms with Gasteiger partial charge in [0.2, 0.25) is 5.91 Å². The lowest BCUT2D eigenvalue weighted by atomic mass is 10.1. The van der Waals surface area contributed by atoms with E-state index in [0.29, 0.717) is 38.5 Å². The number of amides is 2. The highest BCUT2D eigenvalue weighted by Crippen LogP contribution is 2.28. The van der Waals surface area contributed by atoms with Gasteiger partial charge in [-0.1, -0.05) is 42.1 Å². The molecule has 0 spiro atoms. The zero-order valence-electron chi connectivity index (χ0n) is 18.4. The van der Waals surface area contributed by atoms with Crippen LogP contribution >= 0.6 is 11.8 Å². The van der Waals surface area contributed by atoms with E-state index < -0.39 is 0 Å². The fraction of sp³-hybridized carbons (Fsp3) is 0.522. The molecule has 172 valence electrons. The molecule has 2 fully saturated rings. The van der Waals surface area contributed by atoms with Gasteiger partial charge in [-0.2, -0.15) is 0 Å². The molecule has 9 heteroatoms. The number of hydrogen-bond donors (Lipinski definition) is 0. The number of hydrogen-bond acceptors (Lipinski definition) is 6. The Hall–Kier alpha value is -2.52. The number of imidazole rings is 1. The SMILES string of the molecule is CCOC(=O)N1CCN(C(=O)CSc2ncc(-c3ccccc3)n2CC2CCCO2)CC1. The Morgan fingerprint density at radius 1 is 1.16 bits per heavy atom. The van der Waals surface area contributed by atoms with Crippen LogP contribution in [0.2, 0.25) is 0 Å². The predicted molar refractivity (Wildman–Crippen MR) is 123 cm³/mol. The molecule has 0 bridgehead atoms. The maximum absolute atomic E-state index is 12.8. The number of thioether (sulfide) groups is 1. The Balaban J connectivity index is 1.39. The third-order valence-corrected chi connectivity index (χ3v) is 6.76. The fourth-order valence-corrected chi connectivity index (χ4v) is 4.94. The molecule has 1 aromatic heterocycles. The highest BCUT2D eigenvalue weighted by atomic mass is 32.2. The van der Waals surface area contributed by atoms with Crippen LogP contribution in [0.1, 0.15) is 19.8 Å². The molecule has 1 atom stereocenters. The van der Waals surface area contributed by atoms with Crippen molar-refractivity contribution in [2.24, 2.45) is 0 Å². The van der Waals surface area contributed by atoms with Crippen molar-refractivity contribution in [3.63, 3.8) is 0 Å². The topological polar surface area (TPSA) is 76.9 Å². The molecule has 0 N–H and O–H groups in total. The summed E-state index contributed by atoms with van der Waals surface area (Å²) in [6, 6.07) is 10.2. The van der Waals surface area contributed by atoms with Crippen LogP contribution in [0, 0.1) is 0 Å². The van der Waals surface area contributed by atoms with E-state index in [0.717, 1.165) is 42.4 Å². The summed E-state index contributed by atoms with van der Waals surface area (Å²) < 4.78 is 13.1. The normalized spacial score (nSPS) is 18.7. The number of ether oxygens (including phenoxy) is 2. The van der Waals surface area contributed by atoms with Crippen LogP contribution in [0.4, 0.5) is 4.79 Å². The van der Waals surface area contributed by atoms with Gasteiger partial charge in [-0.25, -0.2) is 9.78 Å². The smallest absolute Gasteiger partial charge is 0.409 e. The second-order valence-electron chi connectivity index (χ2n) is 7.89. The Bertz CT molecular complexity index is 906. The van der Waals surface area contributed by atoms with E-state index in [1.165, 1.54) is 11.8 Å². The summed E-state index contributed by atoms with van der Waals surface area (Å²) in [6.07, 6.45) is 3.88. The molecule has 8 nitrogen and oxygen atoms in total. The van der Waals surface area contributed by atoms with Gasteiger partial charge in [0.25, 0.3) is 0 Å². The van der Waals surface area contributed by atoms with E-state index >= 15 is 0 Å². The van der Waals surface area contributed by atoms with Crippen LogP contribution in [0.25, 0.3) is 11.3 Å². The number of carbonyl (C=O) groups excluding carboxylic acids is 2. The first-order valence-electron chi connectivity index (χ1n) is 11.2. The number of carbonyl (C=O) groups is 2. The van der Waals surface area contributed by atoms with Crippen molar-refractivity contribution in [1.29, 1.82) is 0 Å². The Morgan fingerprint density at radius 3 is 2.59 bits per heavy atom. The van der Waals surface area contributed by atoms with Gasteiger partial charge in [-0.15, -0.1) is 0 Å². The number of rotatable bonds is 7. The Morgan fingerprint density at radius 2 is 1.91 bits per heavy atom. The summed E-state index contributed by atoms with van der Waals surface area (Å²) in [5.74, 6) is 0.377. The molecule has 0 aliphatic carbocycles. The van der Waals surface area contributed by atoms with Gasteiger partial charge in [0, 0.05) is 32.8 Å². The number of aromatic nitrogens is 2. The van der Waals surface area contributed by atoms with Crippen LogP contribution in [0.3, 0.4) is 0 Å². The van der Waals surface area contributed by atoms with Gasteiger partial charge in [-0.05, 0) is 25.3 Å². The molecular formula is C23H30N4O4S.